The van der Waals surface area contributed by atoms with Crippen LogP contribution in [0.2, 0.25) is 0 Å². The molecule has 2 saturated heterocycles. The number of piperazine rings is 1. The van der Waals surface area contributed by atoms with Crippen LogP contribution in [-0.2, 0) is 14.9 Å². The number of nitrogens with zero attached hydrogens (tertiary/aromatic N) is 3. The predicted octanol–water partition coefficient (Wildman–Crippen LogP) is 4.01. The summed E-state index contributed by atoms with van der Waals surface area (Å²) in [6.45, 7) is 6.83. The fraction of sp³-hybridized carbons (Fsp3) is 0.481. The van der Waals surface area contributed by atoms with E-state index in [4.69, 9.17) is 4.74 Å². The lowest BCUT2D eigenvalue weighted by Crippen LogP contribution is -2.49. The van der Waals surface area contributed by atoms with Crippen LogP contribution in [-0.4, -0.2) is 67.7 Å². The van der Waals surface area contributed by atoms with Crippen LogP contribution < -0.4 is 4.90 Å². The van der Waals surface area contributed by atoms with Crippen molar-refractivity contribution < 1.29 is 14.3 Å². The Hall–Kier alpha value is -3.02. The fourth-order valence-electron chi connectivity index (χ4n) is 5.35. The topological polar surface area (TPSA) is 53.1 Å². The van der Waals surface area contributed by atoms with Gasteiger partial charge in [-0.25, -0.2) is 4.79 Å². The summed E-state index contributed by atoms with van der Waals surface area (Å²) >= 11 is 0. The molecule has 0 bridgehead atoms. The Morgan fingerprint density at radius 2 is 1.61 bits per heavy atom. The molecule has 174 valence electrons. The van der Waals surface area contributed by atoms with Crippen molar-refractivity contribution in [1.29, 1.82) is 0 Å². The lowest BCUT2D eigenvalue weighted by molar-refractivity contribution is -0.132. The van der Waals surface area contributed by atoms with E-state index in [0.717, 1.165) is 56.7 Å². The van der Waals surface area contributed by atoms with Gasteiger partial charge in [0.2, 0.25) is 5.91 Å². The summed E-state index contributed by atoms with van der Waals surface area (Å²) in [5.74, 6) is 0.748. The second kappa shape index (κ2) is 9.08. The molecule has 3 aliphatic rings. The highest BCUT2D eigenvalue weighted by Gasteiger charge is 2.53. The molecule has 0 aromatic heterocycles. The minimum atomic E-state index is -0.327. The van der Waals surface area contributed by atoms with Gasteiger partial charge in [0.1, 0.15) is 0 Å². The highest BCUT2D eigenvalue weighted by atomic mass is 16.6. The number of benzene rings is 2. The van der Waals surface area contributed by atoms with Gasteiger partial charge >= 0.3 is 6.09 Å². The first-order valence-electron chi connectivity index (χ1n) is 12.2. The van der Waals surface area contributed by atoms with Crippen molar-refractivity contribution in [1.82, 2.24) is 9.80 Å². The maximum atomic E-state index is 13.5. The van der Waals surface area contributed by atoms with Gasteiger partial charge in [-0.3, -0.25) is 4.79 Å². The van der Waals surface area contributed by atoms with Crippen molar-refractivity contribution in [2.75, 3.05) is 50.8 Å². The molecule has 1 atom stereocenters. The van der Waals surface area contributed by atoms with E-state index in [1.807, 2.05) is 13.0 Å². The lowest BCUT2D eigenvalue weighted by atomic mass is 9.93. The van der Waals surface area contributed by atoms with E-state index in [-0.39, 0.29) is 11.5 Å². The Kier molecular flexibility index (Phi) is 6.00. The molecule has 33 heavy (non-hydrogen) atoms. The third kappa shape index (κ3) is 4.31. The van der Waals surface area contributed by atoms with E-state index in [0.29, 0.717) is 31.5 Å². The molecule has 1 unspecified atom stereocenters. The maximum Gasteiger partial charge on any atom is 0.409 e. The molecule has 2 aromatic rings. The Balaban J connectivity index is 1.21. The summed E-state index contributed by atoms with van der Waals surface area (Å²) in [6, 6.07) is 19.1. The van der Waals surface area contributed by atoms with Gasteiger partial charge in [0.05, 0.1) is 12.0 Å². The molecule has 2 aliphatic heterocycles. The number of anilines is 1. The third-order valence-electron chi connectivity index (χ3n) is 7.50. The Labute approximate surface area is 196 Å². The number of hydrogen-bond acceptors (Lipinski definition) is 4. The molecule has 5 rings (SSSR count). The Morgan fingerprint density at radius 1 is 0.909 bits per heavy atom. The molecule has 0 radical (unpaired) electrons. The van der Waals surface area contributed by atoms with Crippen molar-refractivity contribution >= 4 is 17.7 Å². The molecular weight excluding hydrogens is 414 g/mol. The van der Waals surface area contributed by atoms with Crippen molar-refractivity contribution in [2.24, 2.45) is 0 Å². The van der Waals surface area contributed by atoms with Crippen LogP contribution in [0.3, 0.4) is 0 Å². The number of likely N-dealkylation sites (tertiary alicyclic amines) is 1. The number of hydrogen-bond donors (Lipinski definition) is 0. The van der Waals surface area contributed by atoms with Crippen molar-refractivity contribution in [2.45, 2.75) is 37.5 Å². The number of carbonyl (C=O) groups is 2. The number of amides is 2. The number of rotatable bonds is 5. The minimum absolute atomic E-state index is 0.224. The van der Waals surface area contributed by atoms with E-state index in [2.05, 4.69) is 58.3 Å². The first-order chi connectivity index (χ1) is 16.1. The Morgan fingerprint density at radius 3 is 2.24 bits per heavy atom. The zero-order valence-electron chi connectivity index (χ0n) is 19.4. The molecule has 6 heteroatoms. The second-order valence-corrected chi connectivity index (χ2v) is 9.45. The minimum Gasteiger partial charge on any atom is -0.450 e. The Bertz CT molecular complexity index is 979. The van der Waals surface area contributed by atoms with Gasteiger partial charge in [-0.15, -0.1) is 0 Å². The summed E-state index contributed by atoms with van der Waals surface area (Å²) in [6.07, 6.45) is 2.70. The van der Waals surface area contributed by atoms with Gasteiger partial charge in [0, 0.05) is 50.9 Å². The summed E-state index contributed by atoms with van der Waals surface area (Å²) in [5, 5.41) is 0. The van der Waals surface area contributed by atoms with Crippen molar-refractivity contribution in [3.63, 3.8) is 0 Å². The summed E-state index contributed by atoms with van der Waals surface area (Å²) in [4.78, 5) is 31.6. The van der Waals surface area contributed by atoms with Gasteiger partial charge in [0.15, 0.2) is 0 Å². The van der Waals surface area contributed by atoms with Gasteiger partial charge < -0.3 is 19.4 Å². The average Bonchev–Trinajstić information content (AvgIpc) is 3.53. The molecule has 3 fully saturated rings. The lowest BCUT2D eigenvalue weighted by Gasteiger charge is -2.35. The van der Waals surface area contributed by atoms with Gasteiger partial charge in [-0.1, -0.05) is 42.5 Å². The van der Waals surface area contributed by atoms with E-state index >= 15 is 0 Å². The van der Waals surface area contributed by atoms with Gasteiger partial charge in [-0.05, 0) is 49.4 Å². The van der Waals surface area contributed by atoms with Crippen LogP contribution in [0.25, 0.3) is 0 Å². The molecule has 2 amide bonds. The molecule has 2 aromatic carbocycles. The summed E-state index contributed by atoms with van der Waals surface area (Å²) < 4.78 is 5.11. The van der Waals surface area contributed by atoms with Gasteiger partial charge in [-0.2, -0.15) is 0 Å². The molecule has 2 heterocycles. The van der Waals surface area contributed by atoms with E-state index in [1.165, 1.54) is 5.56 Å². The standard InChI is InChI=1S/C27H33N3O3/c1-2-33-26(32)29-18-16-28(17-19-29)24-10-8-23(9-11-24)27(13-14-27)25(31)30-15-12-22(20-30)21-6-4-3-5-7-21/h3-11,22H,2,12-20H2,1H3. The quantitative estimate of drug-likeness (QED) is 0.695. The van der Waals surface area contributed by atoms with E-state index in [1.54, 1.807) is 4.90 Å². The van der Waals surface area contributed by atoms with Crippen LogP contribution in [0.1, 0.15) is 43.2 Å². The van der Waals surface area contributed by atoms with Gasteiger partial charge in [0.25, 0.3) is 0 Å². The molecule has 0 N–H and O–H groups in total. The first-order valence-corrected chi connectivity index (χ1v) is 12.2. The smallest absolute Gasteiger partial charge is 0.409 e. The molecule has 6 nitrogen and oxygen atoms in total. The number of ether oxygens (including phenoxy) is 1. The summed E-state index contributed by atoms with van der Waals surface area (Å²) in [7, 11) is 0. The van der Waals surface area contributed by atoms with Crippen LogP contribution in [0.5, 0.6) is 0 Å². The average molecular weight is 448 g/mol. The van der Waals surface area contributed by atoms with E-state index in [9.17, 15) is 9.59 Å². The molecular formula is C27H33N3O3. The van der Waals surface area contributed by atoms with E-state index < -0.39 is 0 Å². The first kappa shape index (κ1) is 21.8. The zero-order chi connectivity index (χ0) is 22.8. The SMILES string of the molecule is CCOC(=O)N1CCN(c2ccc(C3(C(=O)N4CCC(c5ccccc5)C4)CC3)cc2)CC1. The molecule has 0 spiro atoms. The van der Waals surface area contributed by atoms with Crippen LogP contribution in [0.15, 0.2) is 54.6 Å². The summed E-state index contributed by atoms with van der Waals surface area (Å²) in [5.41, 5.74) is 3.30. The van der Waals surface area contributed by atoms with Crippen LogP contribution in [0.4, 0.5) is 10.5 Å². The number of carbonyl (C=O) groups excluding carboxylic acids is 2. The predicted molar refractivity (Wildman–Crippen MR) is 129 cm³/mol. The zero-order valence-corrected chi connectivity index (χ0v) is 19.4. The fourth-order valence-corrected chi connectivity index (χ4v) is 5.35. The van der Waals surface area contributed by atoms with Crippen LogP contribution >= 0.6 is 0 Å². The molecule has 1 aliphatic carbocycles. The highest BCUT2D eigenvalue weighted by molar-refractivity contribution is 5.91. The maximum absolute atomic E-state index is 13.5. The van der Waals surface area contributed by atoms with Crippen molar-refractivity contribution in [3.05, 3.63) is 65.7 Å². The highest BCUT2D eigenvalue weighted by Crippen LogP contribution is 2.50. The van der Waals surface area contributed by atoms with Crippen LogP contribution in [0, 0.1) is 0 Å². The molecule has 1 saturated carbocycles. The largest absolute Gasteiger partial charge is 0.450 e. The van der Waals surface area contributed by atoms with Crippen molar-refractivity contribution in [3.8, 4) is 0 Å². The third-order valence-corrected chi connectivity index (χ3v) is 7.50. The monoisotopic (exact) mass is 447 g/mol. The normalized spacial score (nSPS) is 21.7. The second-order valence-electron chi connectivity index (χ2n) is 9.45.